The molecule has 3 heteroatoms. The van der Waals surface area contributed by atoms with Crippen LogP contribution in [0.2, 0.25) is 0 Å². The molecule has 1 N–H and O–H groups in total. The zero-order valence-electron chi connectivity index (χ0n) is 11.9. The van der Waals surface area contributed by atoms with Gasteiger partial charge in [-0.25, -0.2) is 0 Å². The Morgan fingerprint density at radius 3 is 2.85 bits per heavy atom. The van der Waals surface area contributed by atoms with Crippen LogP contribution in [0, 0.1) is 11.3 Å². The molecule has 1 aromatic rings. The van der Waals surface area contributed by atoms with Gasteiger partial charge in [0.05, 0.1) is 12.2 Å². The van der Waals surface area contributed by atoms with Gasteiger partial charge in [0, 0.05) is 7.11 Å². The predicted octanol–water partition coefficient (Wildman–Crippen LogP) is 2.71. The molecule has 0 aliphatic heterocycles. The van der Waals surface area contributed by atoms with Crippen LogP contribution in [0.5, 0.6) is 0 Å². The van der Waals surface area contributed by atoms with Crippen molar-refractivity contribution in [1.82, 2.24) is 0 Å². The molecule has 0 bridgehead atoms. The van der Waals surface area contributed by atoms with Gasteiger partial charge in [-0.3, -0.25) is 0 Å². The number of hydrogen-bond acceptors (Lipinski definition) is 3. The van der Waals surface area contributed by atoms with Crippen molar-refractivity contribution in [3.8, 4) is 6.07 Å². The number of methoxy groups -OCH3 is 1. The summed E-state index contributed by atoms with van der Waals surface area (Å²) in [7, 11) is 1.65. The number of aliphatic hydroxyl groups is 1. The van der Waals surface area contributed by atoms with Gasteiger partial charge in [0.2, 0.25) is 0 Å². The number of hydrogen-bond donors (Lipinski definition) is 1. The highest BCUT2D eigenvalue weighted by atomic mass is 16.5. The van der Waals surface area contributed by atoms with E-state index in [1.807, 2.05) is 18.2 Å². The van der Waals surface area contributed by atoms with Crippen molar-refractivity contribution in [1.29, 1.82) is 5.26 Å². The van der Waals surface area contributed by atoms with E-state index >= 15 is 0 Å². The van der Waals surface area contributed by atoms with E-state index in [-0.39, 0.29) is 6.10 Å². The molecule has 1 aromatic carbocycles. The van der Waals surface area contributed by atoms with Crippen LogP contribution < -0.4 is 0 Å². The largest absolute Gasteiger partial charge is 0.385 e. The first-order chi connectivity index (χ1) is 9.68. The number of ether oxygens (including phenoxy) is 1. The molecule has 3 nitrogen and oxygen atoms in total. The SMILES string of the molecule is COC1CCCCC1(O)C1(C#N)CCc2ccccc21. The lowest BCUT2D eigenvalue weighted by Gasteiger charge is -2.48. The highest BCUT2D eigenvalue weighted by molar-refractivity contribution is 5.48. The average Bonchev–Trinajstić information content (AvgIpc) is 2.88. The number of nitrogens with zero attached hydrogens (tertiary/aromatic N) is 1. The lowest BCUT2D eigenvalue weighted by atomic mass is 9.61. The fourth-order valence-corrected chi connectivity index (χ4v) is 4.20. The van der Waals surface area contributed by atoms with E-state index in [0.717, 1.165) is 31.2 Å². The molecule has 0 amide bonds. The molecule has 2 aliphatic carbocycles. The van der Waals surface area contributed by atoms with Gasteiger partial charge in [-0.1, -0.05) is 37.1 Å². The third-order valence-corrected chi connectivity index (χ3v) is 5.27. The Hall–Kier alpha value is -1.37. The average molecular weight is 271 g/mol. The molecule has 0 spiro atoms. The fourth-order valence-electron chi connectivity index (χ4n) is 4.20. The summed E-state index contributed by atoms with van der Waals surface area (Å²) in [4.78, 5) is 0. The van der Waals surface area contributed by atoms with Crippen molar-refractivity contribution >= 4 is 0 Å². The van der Waals surface area contributed by atoms with Crippen LogP contribution in [0.25, 0.3) is 0 Å². The van der Waals surface area contributed by atoms with Gasteiger partial charge in [-0.2, -0.15) is 5.26 Å². The standard InChI is InChI=1S/C17H21NO2/c1-20-15-8-4-5-10-17(15,19)16(12-18)11-9-13-6-2-3-7-14(13)16/h2-3,6-7,15,19H,4-5,8-11H2,1H3. The maximum Gasteiger partial charge on any atom is 0.114 e. The van der Waals surface area contributed by atoms with Crippen molar-refractivity contribution in [2.24, 2.45) is 0 Å². The van der Waals surface area contributed by atoms with Gasteiger partial charge < -0.3 is 9.84 Å². The summed E-state index contributed by atoms with van der Waals surface area (Å²) in [6.07, 6.45) is 4.81. The summed E-state index contributed by atoms with van der Waals surface area (Å²) in [6.45, 7) is 0. The number of rotatable bonds is 2. The van der Waals surface area contributed by atoms with Crippen LogP contribution in [0.1, 0.15) is 43.2 Å². The van der Waals surface area contributed by atoms with Gasteiger partial charge >= 0.3 is 0 Å². The first-order valence-electron chi connectivity index (χ1n) is 7.43. The molecule has 106 valence electrons. The van der Waals surface area contributed by atoms with Crippen LogP contribution in [0.15, 0.2) is 24.3 Å². The molecule has 3 rings (SSSR count). The Kier molecular flexibility index (Phi) is 3.32. The normalized spacial score (nSPS) is 36.4. The quantitative estimate of drug-likeness (QED) is 0.899. The Labute approximate surface area is 120 Å². The van der Waals surface area contributed by atoms with Gasteiger partial charge in [0.25, 0.3) is 0 Å². The Morgan fingerprint density at radius 1 is 1.30 bits per heavy atom. The molecule has 0 heterocycles. The predicted molar refractivity (Wildman–Crippen MR) is 76.3 cm³/mol. The zero-order chi connectivity index (χ0) is 14.2. The van der Waals surface area contributed by atoms with Crippen LogP contribution in [0.3, 0.4) is 0 Å². The number of benzene rings is 1. The second kappa shape index (κ2) is 4.87. The number of fused-ring (bicyclic) bond motifs is 1. The molecule has 0 radical (unpaired) electrons. The minimum absolute atomic E-state index is 0.248. The van der Waals surface area contributed by atoms with E-state index in [1.165, 1.54) is 5.56 Å². The van der Waals surface area contributed by atoms with Gasteiger partial charge in [-0.05, 0) is 36.8 Å². The molecular formula is C17H21NO2. The van der Waals surface area contributed by atoms with Crippen molar-refractivity contribution in [2.45, 2.75) is 55.6 Å². The molecule has 3 atom stereocenters. The van der Waals surface area contributed by atoms with Crippen molar-refractivity contribution in [3.63, 3.8) is 0 Å². The zero-order valence-corrected chi connectivity index (χ0v) is 11.9. The van der Waals surface area contributed by atoms with Crippen LogP contribution in [-0.2, 0) is 16.6 Å². The second-order valence-corrected chi connectivity index (χ2v) is 6.07. The van der Waals surface area contributed by atoms with Crippen LogP contribution in [-0.4, -0.2) is 23.9 Å². The van der Waals surface area contributed by atoms with E-state index in [0.29, 0.717) is 12.8 Å². The lowest BCUT2D eigenvalue weighted by molar-refractivity contribution is -0.148. The van der Waals surface area contributed by atoms with Crippen molar-refractivity contribution in [2.75, 3.05) is 7.11 Å². The highest BCUT2D eigenvalue weighted by Crippen LogP contribution is 2.52. The van der Waals surface area contributed by atoms with Crippen LogP contribution in [0.4, 0.5) is 0 Å². The first-order valence-corrected chi connectivity index (χ1v) is 7.43. The third kappa shape index (κ3) is 1.65. The number of aryl methyl sites for hydroxylation is 1. The van der Waals surface area contributed by atoms with Crippen LogP contribution >= 0.6 is 0 Å². The Bertz CT molecular complexity index is 550. The summed E-state index contributed by atoms with van der Waals surface area (Å²) in [5, 5.41) is 21.3. The molecule has 1 saturated carbocycles. The van der Waals surface area contributed by atoms with E-state index in [2.05, 4.69) is 12.1 Å². The fraction of sp³-hybridized carbons (Fsp3) is 0.588. The maximum absolute atomic E-state index is 11.4. The molecule has 20 heavy (non-hydrogen) atoms. The Balaban J connectivity index is 2.13. The van der Waals surface area contributed by atoms with Crippen molar-refractivity contribution in [3.05, 3.63) is 35.4 Å². The first kappa shape index (κ1) is 13.6. The third-order valence-electron chi connectivity index (χ3n) is 5.27. The summed E-state index contributed by atoms with van der Waals surface area (Å²) in [5.74, 6) is 0. The van der Waals surface area contributed by atoms with E-state index in [4.69, 9.17) is 4.74 Å². The smallest absolute Gasteiger partial charge is 0.114 e. The van der Waals surface area contributed by atoms with E-state index in [1.54, 1.807) is 7.11 Å². The lowest BCUT2D eigenvalue weighted by Crippen LogP contribution is -2.59. The van der Waals surface area contributed by atoms with Gasteiger partial charge in [0.1, 0.15) is 11.0 Å². The summed E-state index contributed by atoms with van der Waals surface area (Å²) < 4.78 is 5.56. The minimum atomic E-state index is -1.07. The molecule has 2 aliphatic rings. The second-order valence-electron chi connectivity index (χ2n) is 6.07. The molecule has 0 saturated heterocycles. The monoisotopic (exact) mass is 271 g/mol. The van der Waals surface area contributed by atoms with E-state index in [9.17, 15) is 10.4 Å². The van der Waals surface area contributed by atoms with Gasteiger partial charge in [-0.15, -0.1) is 0 Å². The number of nitriles is 1. The Morgan fingerprint density at radius 2 is 2.10 bits per heavy atom. The summed E-state index contributed by atoms with van der Waals surface area (Å²) in [6, 6.07) is 10.5. The minimum Gasteiger partial charge on any atom is -0.385 e. The highest BCUT2D eigenvalue weighted by Gasteiger charge is 2.59. The molecular weight excluding hydrogens is 250 g/mol. The summed E-state index contributed by atoms with van der Waals surface area (Å²) >= 11 is 0. The van der Waals surface area contributed by atoms with Gasteiger partial charge in [0.15, 0.2) is 0 Å². The molecule has 0 aromatic heterocycles. The topological polar surface area (TPSA) is 53.2 Å². The molecule has 1 fully saturated rings. The maximum atomic E-state index is 11.4. The molecule has 3 unspecified atom stereocenters. The van der Waals surface area contributed by atoms with Crippen molar-refractivity contribution < 1.29 is 9.84 Å². The summed E-state index contributed by atoms with van der Waals surface area (Å²) in [5.41, 5.74) is 0.323. The van der Waals surface area contributed by atoms with E-state index < -0.39 is 11.0 Å².